The van der Waals surface area contributed by atoms with Gasteiger partial charge in [0, 0.05) is 6.07 Å². The molecule has 0 aromatic heterocycles. The number of rotatable bonds is 4. The molecule has 1 fully saturated rings. The van der Waals surface area contributed by atoms with Crippen LogP contribution in [0.4, 0.5) is 8.78 Å². The van der Waals surface area contributed by atoms with Crippen LogP contribution >= 0.6 is 0 Å². The van der Waals surface area contributed by atoms with Crippen LogP contribution in [0.1, 0.15) is 57.9 Å². The average molecular weight is 278 g/mol. The lowest BCUT2D eigenvalue weighted by Crippen LogP contribution is -2.15. The molecule has 1 aromatic rings. The van der Waals surface area contributed by atoms with Crippen molar-refractivity contribution in [3.8, 4) is 0 Å². The third kappa shape index (κ3) is 4.16. The molecule has 0 nitrogen and oxygen atoms in total. The van der Waals surface area contributed by atoms with Gasteiger partial charge in [-0.25, -0.2) is 8.78 Å². The molecule has 0 saturated heterocycles. The fourth-order valence-corrected chi connectivity index (χ4v) is 3.35. The molecule has 0 unspecified atom stereocenters. The van der Waals surface area contributed by atoms with Gasteiger partial charge in [0.2, 0.25) is 0 Å². The predicted octanol–water partition coefficient (Wildman–Crippen LogP) is 5.97. The summed E-state index contributed by atoms with van der Waals surface area (Å²) in [6, 6.07) is 3.72. The molecule has 20 heavy (non-hydrogen) atoms. The van der Waals surface area contributed by atoms with Crippen LogP contribution in [0, 0.1) is 23.5 Å². The first kappa shape index (κ1) is 15.2. The molecule has 0 radical (unpaired) electrons. The van der Waals surface area contributed by atoms with Crippen LogP contribution in [-0.4, -0.2) is 0 Å². The lowest BCUT2D eigenvalue weighted by Gasteiger charge is -2.29. The van der Waals surface area contributed by atoms with Crippen molar-refractivity contribution in [1.82, 2.24) is 0 Å². The first-order chi connectivity index (χ1) is 9.58. The van der Waals surface area contributed by atoms with Crippen molar-refractivity contribution < 1.29 is 8.78 Å². The molecular weight excluding hydrogens is 254 g/mol. The molecule has 0 heterocycles. The number of halogens is 2. The van der Waals surface area contributed by atoms with Gasteiger partial charge in [0.1, 0.15) is 11.6 Å². The number of hydrogen-bond donors (Lipinski definition) is 0. The maximum absolute atomic E-state index is 13.2. The SMILES string of the molecule is CCCC1CCC(C(C)=Cc2cc(F)cc(F)c2)CC1. The molecule has 0 spiro atoms. The minimum atomic E-state index is -0.504. The first-order valence-corrected chi connectivity index (χ1v) is 7.72. The quantitative estimate of drug-likeness (QED) is 0.636. The van der Waals surface area contributed by atoms with Gasteiger partial charge in [0.15, 0.2) is 0 Å². The first-order valence-electron chi connectivity index (χ1n) is 7.72. The molecule has 1 aliphatic rings. The van der Waals surface area contributed by atoms with Crippen LogP contribution < -0.4 is 0 Å². The van der Waals surface area contributed by atoms with Gasteiger partial charge in [0.25, 0.3) is 0 Å². The van der Waals surface area contributed by atoms with Gasteiger partial charge in [0.05, 0.1) is 0 Å². The lowest BCUT2D eigenvalue weighted by molar-refractivity contribution is 0.287. The fourth-order valence-electron chi connectivity index (χ4n) is 3.35. The third-order valence-corrected chi connectivity index (χ3v) is 4.47. The molecule has 0 aliphatic heterocycles. The summed E-state index contributed by atoms with van der Waals surface area (Å²) < 4.78 is 26.4. The van der Waals surface area contributed by atoms with E-state index in [0.29, 0.717) is 11.5 Å². The second kappa shape index (κ2) is 7.01. The van der Waals surface area contributed by atoms with E-state index in [1.165, 1.54) is 56.2 Å². The zero-order valence-corrected chi connectivity index (χ0v) is 12.5. The van der Waals surface area contributed by atoms with Crippen LogP contribution in [0.25, 0.3) is 6.08 Å². The van der Waals surface area contributed by atoms with Crippen molar-refractivity contribution in [2.45, 2.75) is 52.4 Å². The van der Waals surface area contributed by atoms with Gasteiger partial charge in [-0.3, -0.25) is 0 Å². The standard InChI is InChI=1S/C18H24F2/c1-3-4-14-5-7-16(8-6-14)13(2)9-15-10-17(19)12-18(20)11-15/h9-12,14,16H,3-8H2,1-2H3. The van der Waals surface area contributed by atoms with Gasteiger partial charge in [-0.05, 0) is 62.1 Å². The third-order valence-electron chi connectivity index (χ3n) is 4.47. The Bertz CT molecular complexity index is 448. The number of hydrogen-bond acceptors (Lipinski definition) is 0. The normalized spacial score (nSPS) is 23.9. The Morgan fingerprint density at radius 2 is 1.70 bits per heavy atom. The van der Waals surface area contributed by atoms with Gasteiger partial charge in [-0.1, -0.05) is 31.4 Å². The summed E-state index contributed by atoms with van der Waals surface area (Å²) in [5.74, 6) is 0.455. The Hall–Kier alpha value is -1.18. The fraction of sp³-hybridized carbons (Fsp3) is 0.556. The van der Waals surface area contributed by atoms with Crippen molar-refractivity contribution in [3.05, 3.63) is 41.0 Å². The van der Waals surface area contributed by atoms with Crippen molar-refractivity contribution in [2.24, 2.45) is 11.8 Å². The van der Waals surface area contributed by atoms with Crippen LogP contribution in [0.5, 0.6) is 0 Å². The van der Waals surface area contributed by atoms with E-state index in [2.05, 4.69) is 13.8 Å². The van der Waals surface area contributed by atoms with Crippen molar-refractivity contribution in [3.63, 3.8) is 0 Å². The van der Waals surface area contributed by atoms with Gasteiger partial charge < -0.3 is 0 Å². The Morgan fingerprint density at radius 3 is 2.25 bits per heavy atom. The van der Waals surface area contributed by atoms with Crippen molar-refractivity contribution >= 4 is 6.08 Å². The molecular formula is C18H24F2. The largest absolute Gasteiger partial charge is 0.207 e. The van der Waals surface area contributed by atoms with Gasteiger partial charge in [-0.2, -0.15) is 0 Å². The number of allylic oxidation sites excluding steroid dienone is 1. The van der Waals surface area contributed by atoms with E-state index in [1.54, 1.807) is 0 Å². The number of benzene rings is 1. The molecule has 0 amide bonds. The van der Waals surface area contributed by atoms with Gasteiger partial charge >= 0.3 is 0 Å². The van der Waals surface area contributed by atoms with Crippen molar-refractivity contribution in [2.75, 3.05) is 0 Å². The van der Waals surface area contributed by atoms with E-state index < -0.39 is 11.6 Å². The predicted molar refractivity (Wildman–Crippen MR) is 80.4 cm³/mol. The van der Waals surface area contributed by atoms with Crippen LogP contribution in [-0.2, 0) is 0 Å². The second-order valence-corrected chi connectivity index (χ2v) is 6.10. The smallest absolute Gasteiger partial charge is 0.126 e. The van der Waals surface area contributed by atoms with Gasteiger partial charge in [-0.15, -0.1) is 0 Å². The molecule has 2 rings (SSSR count). The second-order valence-electron chi connectivity index (χ2n) is 6.10. The maximum Gasteiger partial charge on any atom is 0.126 e. The molecule has 1 saturated carbocycles. The minimum Gasteiger partial charge on any atom is -0.207 e. The highest BCUT2D eigenvalue weighted by atomic mass is 19.1. The van der Waals surface area contributed by atoms with E-state index in [9.17, 15) is 8.78 Å². The summed E-state index contributed by atoms with van der Waals surface area (Å²) in [5, 5.41) is 0. The molecule has 0 bridgehead atoms. The van der Waals surface area contributed by atoms with E-state index in [0.717, 1.165) is 12.0 Å². The zero-order chi connectivity index (χ0) is 14.5. The monoisotopic (exact) mass is 278 g/mol. The minimum absolute atomic E-state index is 0.504. The van der Waals surface area contributed by atoms with E-state index in [4.69, 9.17) is 0 Å². The highest BCUT2D eigenvalue weighted by Crippen LogP contribution is 2.35. The van der Waals surface area contributed by atoms with Crippen LogP contribution in [0.3, 0.4) is 0 Å². The van der Waals surface area contributed by atoms with Crippen LogP contribution in [0.2, 0.25) is 0 Å². The van der Waals surface area contributed by atoms with Crippen LogP contribution in [0.15, 0.2) is 23.8 Å². The lowest BCUT2D eigenvalue weighted by atomic mass is 9.77. The molecule has 1 aliphatic carbocycles. The Balaban J connectivity index is 2.00. The summed E-state index contributed by atoms with van der Waals surface area (Å²) in [6.45, 7) is 4.34. The zero-order valence-electron chi connectivity index (χ0n) is 12.5. The molecule has 0 N–H and O–H groups in total. The molecule has 1 aromatic carbocycles. The maximum atomic E-state index is 13.2. The summed E-state index contributed by atoms with van der Waals surface area (Å²) in [7, 11) is 0. The summed E-state index contributed by atoms with van der Waals surface area (Å²) in [5.41, 5.74) is 1.89. The topological polar surface area (TPSA) is 0 Å². The van der Waals surface area contributed by atoms with E-state index >= 15 is 0 Å². The summed E-state index contributed by atoms with van der Waals surface area (Å²) >= 11 is 0. The highest BCUT2D eigenvalue weighted by molar-refractivity contribution is 5.53. The van der Waals surface area contributed by atoms with E-state index in [-0.39, 0.29) is 0 Å². The molecule has 2 heteroatoms. The highest BCUT2D eigenvalue weighted by Gasteiger charge is 2.21. The Labute approximate surface area is 120 Å². The average Bonchev–Trinajstić information content (AvgIpc) is 2.38. The summed E-state index contributed by atoms with van der Waals surface area (Å²) in [4.78, 5) is 0. The van der Waals surface area contributed by atoms with E-state index in [1.807, 2.05) is 6.08 Å². The summed E-state index contributed by atoms with van der Waals surface area (Å²) in [6.07, 6.45) is 9.56. The molecule has 0 atom stereocenters. The molecule has 110 valence electrons. The van der Waals surface area contributed by atoms with Crippen molar-refractivity contribution in [1.29, 1.82) is 0 Å². The Morgan fingerprint density at radius 1 is 1.10 bits per heavy atom. The Kier molecular flexibility index (Phi) is 5.33.